The van der Waals surface area contributed by atoms with E-state index in [9.17, 15) is 14.5 Å². The summed E-state index contributed by atoms with van der Waals surface area (Å²) in [7, 11) is 0. The minimum Gasteiger partial charge on any atom is -0.487 e. The Labute approximate surface area is 192 Å². The van der Waals surface area contributed by atoms with E-state index in [0.29, 0.717) is 23.7 Å². The first-order chi connectivity index (χ1) is 16.4. The Morgan fingerprint density at radius 2 is 1.91 bits per heavy atom. The summed E-state index contributed by atoms with van der Waals surface area (Å²) < 4.78 is 34.2. The number of para-hydroxylation sites is 3. The summed E-state index contributed by atoms with van der Waals surface area (Å²) in [5.41, 5.74) is 0.393. The van der Waals surface area contributed by atoms with Gasteiger partial charge in [-0.25, -0.2) is 9.07 Å². The molecule has 0 aliphatic carbocycles. The van der Waals surface area contributed by atoms with Crippen molar-refractivity contribution in [2.24, 2.45) is 0 Å². The molecular weight excluding hydrogens is 447 g/mol. The van der Waals surface area contributed by atoms with Crippen LogP contribution in [-0.2, 0) is 13.2 Å². The SMILES string of the molecule is C[C@]1(COc2ccccc2-n2cc(COc3ccccc3F)nn2)Cn2cc([N+](=O)[O-])nc2O1. The third-order valence-electron chi connectivity index (χ3n) is 5.15. The van der Waals surface area contributed by atoms with Crippen molar-refractivity contribution in [1.82, 2.24) is 24.5 Å². The van der Waals surface area contributed by atoms with Gasteiger partial charge in [-0.1, -0.05) is 29.5 Å². The molecule has 0 amide bonds. The number of nitrogens with zero attached hydrogens (tertiary/aromatic N) is 6. The number of hydrogen-bond acceptors (Lipinski definition) is 8. The standard InChI is InChI=1S/C22H19FN6O5/c1-22(13-27-11-20(29(30)31)24-21(27)34-22)14-33-19-9-5-3-7-17(19)28-10-15(25-26-28)12-32-18-8-4-2-6-16(18)23/h2-11H,12-14H2,1H3/t22-/m1/s1. The van der Waals surface area contributed by atoms with Crippen LogP contribution in [0, 0.1) is 15.9 Å². The molecule has 1 atom stereocenters. The van der Waals surface area contributed by atoms with E-state index in [0.717, 1.165) is 0 Å². The minimum atomic E-state index is -0.758. The van der Waals surface area contributed by atoms with Crippen molar-refractivity contribution in [3.63, 3.8) is 0 Å². The smallest absolute Gasteiger partial charge is 0.415 e. The second-order valence-electron chi connectivity index (χ2n) is 7.95. The predicted molar refractivity (Wildman–Crippen MR) is 116 cm³/mol. The second kappa shape index (κ2) is 8.46. The van der Waals surface area contributed by atoms with Gasteiger partial charge >= 0.3 is 11.8 Å². The molecule has 0 spiro atoms. The number of halogens is 1. The van der Waals surface area contributed by atoms with Crippen molar-refractivity contribution in [3.8, 4) is 23.2 Å². The zero-order chi connectivity index (χ0) is 23.7. The van der Waals surface area contributed by atoms with Gasteiger partial charge in [-0.05, 0) is 36.1 Å². The van der Waals surface area contributed by atoms with Gasteiger partial charge in [0.1, 0.15) is 36.5 Å². The second-order valence-corrected chi connectivity index (χ2v) is 7.95. The average molecular weight is 466 g/mol. The number of ether oxygens (including phenoxy) is 3. The van der Waals surface area contributed by atoms with Crippen LogP contribution in [0.25, 0.3) is 5.69 Å². The highest BCUT2D eigenvalue weighted by Gasteiger charge is 2.41. The Morgan fingerprint density at radius 1 is 1.15 bits per heavy atom. The molecule has 0 fully saturated rings. The van der Waals surface area contributed by atoms with Crippen LogP contribution in [0.15, 0.2) is 60.9 Å². The minimum absolute atomic E-state index is 0.0491. The normalized spacial score (nSPS) is 16.6. The van der Waals surface area contributed by atoms with E-state index in [2.05, 4.69) is 15.3 Å². The molecule has 2 aromatic heterocycles. The molecule has 0 N–H and O–H groups in total. The molecule has 11 nitrogen and oxygen atoms in total. The summed E-state index contributed by atoms with van der Waals surface area (Å²) >= 11 is 0. The van der Waals surface area contributed by atoms with Crippen LogP contribution >= 0.6 is 0 Å². The molecule has 0 saturated heterocycles. The van der Waals surface area contributed by atoms with E-state index < -0.39 is 16.3 Å². The number of fused-ring (bicyclic) bond motifs is 1. The van der Waals surface area contributed by atoms with E-state index in [-0.39, 0.29) is 30.8 Å². The highest BCUT2D eigenvalue weighted by atomic mass is 19.1. The van der Waals surface area contributed by atoms with Crippen LogP contribution in [0.5, 0.6) is 17.5 Å². The Bertz CT molecular complexity index is 1330. The lowest BCUT2D eigenvalue weighted by Crippen LogP contribution is -2.38. The molecule has 2 aromatic carbocycles. The summed E-state index contributed by atoms with van der Waals surface area (Å²) in [4.78, 5) is 14.2. The maximum Gasteiger partial charge on any atom is 0.415 e. The zero-order valence-corrected chi connectivity index (χ0v) is 18.0. The molecule has 4 aromatic rings. The highest BCUT2D eigenvalue weighted by Crippen LogP contribution is 2.32. The Kier molecular flexibility index (Phi) is 5.32. The number of nitro groups is 1. The van der Waals surface area contributed by atoms with Gasteiger partial charge in [0.25, 0.3) is 0 Å². The van der Waals surface area contributed by atoms with Crippen molar-refractivity contribution in [3.05, 3.63) is 82.6 Å². The average Bonchev–Trinajstić information content (AvgIpc) is 3.51. The Morgan fingerprint density at radius 3 is 2.68 bits per heavy atom. The number of aromatic nitrogens is 5. The molecular formula is C22H19FN6O5. The van der Waals surface area contributed by atoms with Gasteiger partial charge in [0.2, 0.25) is 0 Å². The van der Waals surface area contributed by atoms with Gasteiger partial charge < -0.3 is 24.3 Å². The summed E-state index contributed by atoms with van der Waals surface area (Å²) in [5, 5.41) is 19.1. The van der Waals surface area contributed by atoms with Gasteiger partial charge in [-0.2, -0.15) is 0 Å². The molecule has 0 unspecified atom stereocenters. The van der Waals surface area contributed by atoms with E-state index in [4.69, 9.17) is 14.2 Å². The van der Waals surface area contributed by atoms with Gasteiger partial charge in [-0.3, -0.25) is 4.57 Å². The maximum atomic E-state index is 13.8. The van der Waals surface area contributed by atoms with Gasteiger partial charge in [0.15, 0.2) is 17.2 Å². The van der Waals surface area contributed by atoms with Crippen molar-refractivity contribution < 1.29 is 23.5 Å². The predicted octanol–water partition coefficient (Wildman–Crippen LogP) is 3.32. The number of imidazole rings is 1. The van der Waals surface area contributed by atoms with Crippen LogP contribution in [0.4, 0.5) is 10.2 Å². The largest absolute Gasteiger partial charge is 0.487 e. The van der Waals surface area contributed by atoms with E-state index in [1.165, 1.54) is 12.3 Å². The summed E-state index contributed by atoms with van der Waals surface area (Å²) in [6.45, 7) is 2.41. The Hall–Kier alpha value is -4.48. The molecule has 0 saturated carbocycles. The molecule has 174 valence electrons. The first-order valence-corrected chi connectivity index (χ1v) is 10.3. The van der Waals surface area contributed by atoms with Gasteiger partial charge in [0, 0.05) is 4.98 Å². The number of hydrogen-bond donors (Lipinski definition) is 0. The van der Waals surface area contributed by atoms with Gasteiger partial charge in [-0.15, -0.1) is 5.10 Å². The third-order valence-corrected chi connectivity index (χ3v) is 5.15. The van der Waals surface area contributed by atoms with Crippen LogP contribution < -0.4 is 14.2 Å². The first-order valence-electron chi connectivity index (χ1n) is 10.3. The number of rotatable bonds is 8. The molecule has 0 radical (unpaired) electrons. The molecule has 0 bridgehead atoms. The quantitative estimate of drug-likeness (QED) is 0.287. The summed E-state index contributed by atoms with van der Waals surface area (Å²) in [5.74, 6) is -0.0396. The molecule has 1 aliphatic heterocycles. The highest BCUT2D eigenvalue weighted by molar-refractivity contribution is 5.46. The monoisotopic (exact) mass is 466 g/mol. The number of benzene rings is 2. The van der Waals surface area contributed by atoms with E-state index in [1.54, 1.807) is 39.7 Å². The first kappa shape index (κ1) is 21.4. The molecule has 34 heavy (non-hydrogen) atoms. The lowest BCUT2D eigenvalue weighted by atomic mass is 10.1. The topological polar surface area (TPSA) is 119 Å². The van der Waals surface area contributed by atoms with Gasteiger partial charge in [0.05, 0.1) is 12.7 Å². The summed E-state index contributed by atoms with van der Waals surface area (Å²) in [6, 6.07) is 13.6. The van der Waals surface area contributed by atoms with Crippen molar-refractivity contribution in [1.29, 1.82) is 0 Å². The van der Waals surface area contributed by atoms with Crippen LogP contribution in [0.2, 0.25) is 0 Å². The van der Waals surface area contributed by atoms with Crippen molar-refractivity contribution in [2.45, 2.75) is 25.7 Å². The third kappa shape index (κ3) is 4.25. The Balaban J connectivity index is 1.26. The van der Waals surface area contributed by atoms with E-state index in [1.807, 2.05) is 25.1 Å². The van der Waals surface area contributed by atoms with E-state index >= 15 is 0 Å². The zero-order valence-electron chi connectivity index (χ0n) is 18.0. The van der Waals surface area contributed by atoms with Crippen molar-refractivity contribution in [2.75, 3.05) is 6.61 Å². The van der Waals surface area contributed by atoms with Crippen LogP contribution in [0.3, 0.4) is 0 Å². The molecule has 1 aliphatic rings. The lowest BCUT2D eigenvalue weighted by molar-refractivity contribution is -0.389. The molecule has 12 heteroatoms. The van der Waals surface area contributed by atoms with Crippen LogP contribution in [-0.4, -0.2) is 41.7 Å². The lowest BCUT2D eigenvalue weighted by Gasteiger charge is -2.22. The van der Waals surface area contributed by atoms with Crippen molar-refractivity contribution >= 4 is 5.82 Å². The van der Waals surface area contributed by atoms with Crippen LogP contribution in [0.1, 0.15) is 12.6 Å². The fraction of sp³-hybridized carbons (Fsp3) is 0.227. The molecule has 3 heterocycles. The molecule has 5 rings (SSSR count). The fourth-order valence-corrected chi connectivity index (χ4v) is 3.55. The fourth-order valence-electron chi connectivity index (χ4n) is 3.55. The summed E-state index contributed by atoms with van der Waals surface area (Å²) in [6.07, 6.45) is 3.01. The maximum absolute atomic E-state index is 13.8.